The van der Waals surface area contributed by atoms with Gasteiger partial charge in [0.2, 0.25) is 5.91 Å². The van der Waals surface area contributed by atoms with Crippen LogP contribution in [0.25, 0.3) is 0 Å². The van der Waals surface area contributed by atoms with E-state index in [9.17, 15) is 9.90 Å². The third-order valence-corrected chi connectivity index (χ3v) is 5.02. The van der Waals surface area contributed by atoms with Crippen molar-refractivity contribution in [2.24, 2.45) is 0 Å². The maximum absolute atomic E-state index is 12.7. The summed E-state index contributed by atoms with van der Waals surface area (Å²) in [4.78, 5) is 14.4. The smallest absolute Gasteiger partial charge is 0.244 e. The van der Waals surface area contributed by atoms with E-state index in [1.54, 1.807) is 11.9 Å². The molecule has 2 aliphatic rings. The first kappa shape index (κ1) is 20.1. The van der Waals surface area contributed by atoms with Gasteiger partial charge in [-0.2, -0.15) is 0 Å². The number of carbonyl (C=O) groups excluding carboxylic acids is 1. The van der Waals surface area contributed by atoms with Gasteiger partial charge >= 0.3 is 0 Å². The lowest BCUT2D eigenvalue weighted by atomic mass is 10.1. The van der Waals surface area contributed by atoms with Gasteiger partial charge in [-0.05, 0) is 50.4 Å². The minimum Gasteiger partial charge on any atom is -0.491 e. The van der Waals surface area contributed by atoms with Crippen LogP contribution in [0.4, 0.5) is 0 Å². The Labute approximate surface area is 160 Å². The molecule has 0 aromatic heterocycles. The van der Waals surface area contributed by atoms with Crippen LogP contribution in [0.5, 0.6) is 5.75 Å². The fraction of sp³-hybridized carbons (Fsp3) is 0.650. The van der Waals surface area contributed by atoms with E-state index < -0.39 is 12.1 Å². The van der Waals surface area contributed by atoms with Crippen LogP contribution in [0.1, 0.15) is 37.3 Å². The lowest BCUT2D eigenvalue weighted by Crippen LogP contribution is -2.39. The number of aliphatic hydroxyl groups is 1. The van der Waals surface area contributed by atoms with Crippen LogP contribution in [0, 0.1) is 0 Å². The van der Waals surface area contributed by atoms with Gasteiger partial charge in [0.25, 0.3) is 0 Å². The molecule has 0 saturated carbocycles. The standard InChI is InChI=1S/C20H30N2O5/c1-21-19(20(24)22-10-9-16(23)14-22)15-5-7-17(8-6-15)25-12-13-27-18-4-2-3-11-26-18/h5-8,16,18-19,21,23H,2-4,9-14H2,1H3/t16-,18?,19-/m0/s1. The second-order valence-electron chi connectivity index (χ2n) is 7.03. The average Bonchev–Trinajstić information content (AvgIpc) is 3.14. The second kappa shape index (κ2) is 10.0. The largest absolute Gasteiger partial charge is 0.491 e. The summed E-state index contributed by atoms with van der Waals surface area (Å²) >= 11 is 0. The summed E-state index contributed by atoms with van der Waals surface area (Å²) in [7, 11) is 1.77. The Morgan fingerprint density at radius 2 is 2.11 bits per heavy atom. The van der Waals surface area contributed by atoms with E-state index in [1.807, 2.05) is 24.3 Å². The zero-order chi connectivity index (χ0) is 19.1. The van der Waals surface area contributed by atoms with E-state index >= 15 is 0 Å². The molecule has 0 aliphatic carbocycles. The molecule has 7 nitrogen and oxygen atoms in total. The number of nitrogens with one attached hydrogen (secondary N) is 1. The Balaban J connectivity index is 1.46. The van der Waals surface area contributed by atoms with E-state index in [0.717, 1.165) is 37.2 Å². The van der Waals surface area contributed by atoms with Crippen molar-refractivity contribution in [1.29, 1.82) is 0 Å². The highest BCUT2D eigenvalue weighted by Crippen LogP contribution is 2.22. The monoisotopic (exact) mass is 378 g/mol. The molecule has 27 heavy (non-hydrogen) atoms. The van der Waals surface area contributed by atoms with Crippen LogP contribution in [-0.2, 0) is 14.3 Å². The van der Waals surface area contributed by atoms with Gasteiger partial charge in [0.15, 0.2) is 6.29 Å². The summed E-state index contributed by atoms with van der Waals surface area (Å²) in [5, 5.41) is 12.7. The van der Waals surface area contributed by atoms with Crippen molar-refractivity contribution in [1.82, 2.24) is 10.2 Å². The molecular weight excluding hydrogens is 348 g/mol. The van der Waals surface area contributed by atoms with Crippen molar-refractivity contribution in [3.63, 3.8) is 0 Å². The number of hydrogen-bond donors (Lipinski definition) is 2. The molecule has 1 aromatic carbocycles. The minimum atomic E-state index is -0.420. The molecule has 2 N–H and O–H groups in total. The number of ether oxygens (including phenoxy) is 3. The van der Waals surface area contributed by atoms with E-state index in [4.69, 9.17) is 14.2 Å². The Morgan fingerprint density at radius 1 is 1.30 bits per heavy atom. The van der Waals surface area contributed by atoms with Crippen molar-refractivity contribution in [3.8, 4) is 5.75 Å². The van der Waals surface area contributed by atoms with E-state index in [2.05, 4.69) is 5.32 Å². The van der Waals surface area contributed by atoms with Gasteiger partial charge in [-0.15, -0.1) is 0 Å². The highest BCUT2D eigenvalue weighted by molar-refractivity contribution is 5.83. The summed E-state index contributed by atoms with van der Waals surface area (Å²) in [5.41, 5.74) is 0.878. The molecule has 0 spiro atoms. The molecule has 3 rings (SSSR count). The summed E-state index contributed by atoms with van der Waals surface area (Å²) in [5.74, 6) is 0.731. The lowest BCUT2D eigenvalue weighted by molar-refractivity contribution is -0.165. The normalized spacial score (nSPS) is 24.0. The van der Waals surface area contributed by atoms with Crippen molar-refractivity contribution in [3.05, 3.63) is 29.8 Å². The Hall–Kier alpha value is -1.67. The molecule has 7 heteroatoms. The second-order valence-corrected chi connectivity index (χ2v) is 7.03. The SMILES string of the molecule is CN[C@H](C(=O)N1CC[C@H](O)C1)c1ccc(OCCOC2CCCCO2)cc1. The van der Waals surface area contributed by atoms with Gasteiger partial charge in [0.05, 0.1) is 12.7 Å². The minimum absolute atomic E-state index is 0.0106. The molecule has 2 heterocycles. The maximum Gasteiger partial charge on any atom is 0.244 e. The molecule has 3 atom stereocenters. The number of hydrogen-bond acceptors (Lipinski definition) is 6. The zero-order valence-electron chi connectivity index (χ0n) is 15.9. The summed E-state index contributed by atoms with van der Waals surface area (Å²) < 4.78 is 16.9. The molecule has 1 aromatic rings. The number of nitrogens with zero attached hydrogens (tertiary/aromatic N) is 1. The number of aliphatic hydroxyl groups excluding tert-OH is 1. The van der Waals surface area contributed by atoms with E-state index in [1.165, 1.54) is 0 Å². The van der Waals surface area contributed by atoms with Crippen molar-refractivity contribution in [2.75, 3.05) is 40.0 Å². The topological polar surface area (TPSA) is 80.3 Å². The first-order chi connectivity index (χ1) is 13.2. The first-order valence-corrected chi connectivity index (χ1v) is 9.77. The van der Waals surface area contributed by atoms with Gasteiger partial charge in [-0.25, -0.2) is 0 Å². The Kier molecular flexibility index (Phi) is 7.46. The van der Waals surface area contributed by atoms with Gasteiger partial charge < -0.3 is 29.5 Å². The van der Waals surface area contributed by atoms with Crippen LogP contribution in [-0.4, -0.2) is 68.3 Å². The molecule has 2 fully saturated rings. The van der Waals surface area contributed by atoms with Crippen LogP contribution in [0.2, 0.25) is 0 Å². The van der Waals surface area contributed by atoms with Crippen molar-refractivity contribution in [2.45, 2.75) is 44.1 Å². The zero-order valence-corrected chi connectivity index (χ0v) is 15.9. The number of β-amino-alcohol motifs (C(OH)–C–C–N with tert-alkyl or cyclic N) is 1. The molecule has 0 bridgehead atoms. The van der Waals surface area contributed by atoms with Gasteiger partial charge in [-0.1, -0.05) is 12.1 Å². The molecule has 150 valence electrons. The quantitative estimate of drug-likeness (QED) is 0.667. The number of likely N-dealkylation sites (tertiary alicyclic amines) is 1. The van der Waals surface area contributed by atoms with Crippen LogP contribution < -0.4 is 10.1 Å². The fourth-order valence-electron chi connectivity index (χ4n) is 3.50. The summed E-state index contributed by atoms with van der Waals surface area (Å²) in [6.45, 7) is 2.72. The number of carbonyl (C=O) groups is 1. The molecular formula is C20H30N2O5. The lowest BCUT2D eigenvalue weighted by Gasteiger charge is -2.23. The number of benzene rings is 1. The summed E-state index contributed by atoms with van der Waals surface area (Å²) in [6, 6.07) is 7.10. The third-order valence-electron chi connectivity index (χ3n) is 5.02. The number of rotatable bonds is 8. The molecule has 0 radical (unpaired) electrons. The van der Waals surface area contributed by atoms with Crippen molar-refractivity contribution >= 4 is 5.91 Å². The molecule has 2 saturated heterocycles. The number of likely N-dealkylation sites (N-methyl/N-ethyl adjacent to an activating group) is 1. The predicted octanol–water partition coefficient (Wildman–Crippen LogP) is 1.46. The Morgan fingerprint density at radius 3 is 2.74 bits per heavy atom. The fourth-order valence-corrected chi connectivity index (χ4v) is 3.50. The van der Waals surface area contributed by atoms with Crippen LogP contribution in [0.15, 0.2) is 24.3 Å². The maximum atomic E-state index is 12.7. The van der Waals surface area contributed by atoms with Crippen LogP contribution in [0.3, 0.4) is 0 Å². The van der Waals surface area contributed by atoms with Gasteiger partial charge in [0, 0.05) is 19.7 Å². The van der Waals surface area contributed by atoms with E-state index in [-0.39, 0.29) is 12.2 Å². The van der Waals surface area contributed by atoms with Gasteiger partial charge in [-0.3, -0.25) is 4.79 Å². The highest BCUT2D eigenvalue weighted by Gasteiger charge is 2.30. The highest BCUT2D eigenvalue weighted by atomic mass is 16.7. The average molecular weight is 378 g/mol. The van der Waals surface area contributed by atoms with Gasteiger partial charge in [0.1, 0.15) is 18.4 Å². The Bertz CT molecular complexity index is 589. The van der Waals surface area contributed by atoms with Crippen molar-refractivity contribution < 1.29 is 24.1 Å². The molecule has 2 aliphatic heterocycles. The number of amides is 1. The third kappa shape index (κ3) is 5.65. The summed E-state index contributed by atoms with van der Waals surface area (Å²) in [6.07, 6.45) is 3.33. The van der Waals surface area contributed by atoms with Crippen LogP contribution >= 0.6 is 0 Å². The molecule has 1 amide bonds. The first-order valence-electron chi connectivity index (χ1n) is 9.77. The van der Waals surface area contributed by atoms with E-state index in [0.29, 0.717) is 32.7 Å². The molecule has 1 unspecified atom stereocenters. The predicted molar refractivity (Wildman–Crippen MR) is 100 cm³/mol.